The SMILES string of the molecule is CCO[C@H]([N-]\C(=N/N=C(C)/C=C(/C)[O-])SC)c1ccccc1[PH+](c1ccccc1)c1ccccc1.CCO[C@H]([N-]\C(=N/N=C(C)/C=C(/C)[O-])SC)c1ccccc1[PH+](c1ccccc1)c1ccccc1.[Ni+2].[Ni+2]. The second-order valence-corrected chi connectivity index (χ2v) is 21.9. The molecule has 380 valence electrons. The van der Waals surface area contributed by atoms with Crippen LogP contribution in [0.1, 0.15) is 65.1 Å². The Morgan fingerprint density at radius 2 is 0.750 bits per heavy atom. The van der Waals surface area contributed by atoms with Crippen LogP contribution >= 0.6 is 39.4 Å². The van der Waals surface area contributed by atoms with Crippen molar-refractivity contribution in [3.05, 3.63) is 215 Å². The minimum Gasteiger partial charge on any atom is -0.876 e. The van der Waals surface area contributed by atoms with Gasteiger partial charge in [-0.1, -0.05) is 135 Å². The summed E-state index contributed by atoms with van der Waals surface area (Å²) in [5.74, 6) is -0.136. The number of benzene rings is 6. The van der Waals surface area contributed by atoms with Crippen LogP contribution in [0.4, 0.5) is 0 Å². The Kier molecular flexibility index (Phi) is 28.8. The van der Waals surface area contributed by atoms with Crippen LogP contribution < -0.4 is 42.0 Å². The van der Waals surface area contributed by atoms with Gasteiger partial charge in [-0.05, 0) is 111 Å². The van der Waals surface area contributed by atoms with Crippen molar-refractivity contribution in [1.29, 1.82) is 0 Å². The molecule has 0 radical (unpaired) electrons. The first-order chi connectivity index (χ1) is 34.1. The van der Waals surface area contributed by atoms with Crippen LogP contribution in [0.5, 0.6) is 0 Å². The van der Waals surface area contributed by atoms with Gasteiger partial charge >= 0.3 is 33.0 Å². The maximum atomic E-state index is 11.3. The third kappa shape index (κ3) is 19.5. The average Bonchev–Trinajstić information content (AvgIpc) is 3.37. The number of nitrogens with zero attached hydrogens (tertiary/aromatic N) is 6. The van der Waals surface area contributed by atoms with Gasteiger partial charge < -0.3 is 40.5 Å². The Morgan fingerprint density at radius 3 is 1.01 bits per heavy atom. The minimum atomic E-state index is -1.31. The van der Waals surface area contributed by atoms with Gasteiger partial charge in [0.1, 0.15) is 31.8 Å². The van der Waals surface area contributed by atoms with Crippen LogP contribution in [0.3, 0.4) is 0 Å². The normalized spacial score (nSPS) is 13.3. The van der Waals surface area contributed by atoms with Gasteiger partial charge in [0.25, 0.3) is 0 Å². The molecule has 0 aromatic heterocycles. The fraction of sp³-hybridized carbons (Fsp3) is 0.214. The monoisotopic (exact) mass is 1120 g/mol. The van der Waals surface area contributed by atoms with Gasteiger partial charge in [-0.25, -0.2) is 0 Å². The molecule has 0 heterocycles. The van der Waals surface area contributed by atoms with E-state index in [2.05, 4.69) is 154 Å². The molecule has 0 aliphatic rings. The quantitative estimate of drug-likeness (QED) is 0.0210. The fourth-order valence-corrected chi connectivity index (χ4v) is 13.5. The van der Waals surface area contributed by atoms with Gasteiger partial charge in [0.2, 0.25) is 0 Å². The van der Waals surface area contributed by atoms with Crippen molar-refractivity contribution in [2.24, 2.45) is 20.4 Å². The van der Waals surface area contributed by atoms with E-state index in [1.807, 2.05) is 62.8 Å². The number of allylic oxidation sites excluding steroid dienone is 4. The first kappa shape index (κ1) is 61.4. The first-order valence-corrected chi connectivity index (χ1v) is 28.3. The topological polar surface area (TPSA) is 142 Å². The number of hydrogen-bond donors (Lipinski definition) is 0. The smallest absolute Gasteiger partial charge is 0.876 e. The molecular weight excluding hydrogens is 1060 g/mol. The Hall–Kier alpha value is -4.85. The van der Waals surface area contributed by atoms with Gasteiger partial charge in [0.15, 0.2) is 0 Å². The molecule has 0 fully saturated rings. The van der Waals surface area contributed by atoms with Crippen LogP contribution in [-0.4, -0.2) is 47.5 Å². The summed E-state index contributed by atoms with van der Waals surface area (Å²) in [6.45, 7) is 11.4. The van der Waals surface area contributed by atoms with Crippen molar-refractivity contribution in [3.63, 3.8) is 0 Å². The molecule has 0 spiro atoms. The van der Waals surface area contributed by atoms with Crippen molar-refractivity contribution in [2.75, 3.05) is 25.7 Å². The van der Waals surface area contributed by atoms with E-state index in [0.717, 1.165) is 11.1 Å². The maximum Gasteiger partial charge on any atom is 2.00 e. The summed E-state index contributed by atoms with van der Waals surface area (Å²) in [7, 11) is -2.61. The van der Waals surface area contributed by atoms with E-state index in [1.54, 1.807) is 13.8 Å². The summed E-state index contributed by atoms with van der Waals surface area (Å²) >= 11 is 2.78. The molecule has 0 aliphatic heterocycles. The molecule has 0 saturated carbocycles. The van der Waals surface area contributed by atoms with Crippen LogP contribution in [-0.2, 0) is 42.5 Å². The van der Waals surface area contributed by atoms with Gasteiger partial charge in [-0.3, -0.25) is 10.2 Å². The molecule has 0 aliphatic carbocycles. The van der Waals surface area contributed by atoms with E-state index in [4.69, 9.17) is 20.1 Å². The van der Waals surface area contributed by atoms with Gasteiger partial charge in [-0.15, -0.1) is 35.0 Å². The fourth-order valence-electron chi connectivity index (χ4n) is 7.29. The second kappa shape index (κ2) is 33.8. The number of thioether (sulfide) groups is 2. The summed E-state index contributed by atoms with van der Waals surface area (Å²) in [6, 6.07) is 59.2. The summed E-state index contributed by atoms with van der Waals surface area (Å²) in [6.07, 6.45) is 5.65. The summed E-state index contributed by atoms with van der Waals surface area (Å²) < 4.78 is 12.3. The zero-order valence-electron chi connectivity index (χ0n) is 41.7. The number of rotatable bonds is 18. The summed E-state index contributed by atoms with van der Waals surface area (Å²) in [5, 5.41) is 57.8. The van der Waals surface area contributed by atoms with Crippen LogP contribution in [0.2, 0.25) is 0 Å². The number of hydrogen-bond acceptors (Lipinski definition) is 10. The predicted molar refractivity (Wildman–Crippen MR) is 304 cm³/mol. The number of amidine groups is 2. The third-order valence-corrected chi connectivity index (χ3v) is 16.9. The van der Waals surface area contributed by atoms with Crippen LogP contribution in [0, 0.1) is 0 Å². The molecule has 6 rings (SSSR count). The Bertz CT molecular complexity index is 2450. The van der Waals surface area contributed by atoms with E-state index in [0.29, 0.717) is 35.0 Å². The largest absolute Gasteiger partial charge is 2.00 e. The second-order valence-electron chi connectivity index (χ2n) is 15.4. The van der Waals surface area contributed by atoms with Gasteiger partial charge in [0.05, 0.1) is 28.3 Å². The molecule has 0 saturated heterocycles. The Labute approximate surface area is 457 Å². The van der Waals surface area contributed by atoms with Crippen LogP contribution in [0.15, 0.2) is 214 Å². The van der Waals surface area contributed by atoms with E-state index in [1.165, 1.54) is 81.4 Å². The minimum absolute atomic E-state index is 0. The molecule has 6 aromatic carbocycles. The summed E-state index contributed by atoms with van der Waals surface area (Å²) in [4.78, 5) is 0. The molecular formula is C56H62N6Ni2O4P2S2+2. The Balaban J connectivity index is 0.000000370. The molecule has 10 nitrogen and oxygen atoms in total. The maximum absolute atomic E-state index is 11.3. The molecule has 6 aromatic rings. The first-order valence-electron chi connectivity index (χ1n) is 22.9. The molecule has 72 heavy (non-hydrogen) atoms. The molecule has 2 atom stereocenters. The van der Waals surface area contributed by atoms with Crippen molar-refractivity contribution >= 4 is 93.0 Å². The van der Waals surface area contributed by atoms with Crippen LogP contribution in [0.25, 0.3) is 10.6 Å². The zero-order chi connectivity index (χ0) is 50.1. The average molecular weight is 1130 g/mol. The Morgan fingerprint density at radius 1 is 0.472 bits per heavy atom. The van der Waals surface area contributed by atoms with Crippen molar-refractivity contribution in [3.8, 4) is 0 Å². The number of ether oxygens (including phenoxy) is 2. The van der Waals surface area contributed by atoms with Gasteiger partial charge in [0, 0.05) is 35.8 Å². The van der Waals surface area contributed by atoms with E-state index in [9.17, 15) is 10.2 Å². The predicted octanol–water partition coefficient (Wildman–Crippen LogP) is 9.88. The van der Waals surface area contributed by atoms with E-state index >= 15 is 0 Å². The van der Waals surface area contributed by atoms with Crippen molar-refractivity contribution in [2.45, 2.75) is 54.0 Å². The molecule has 0 amide bonds. The molecule has 0 bridgehead atoms. The van der Waals surface area contributed by atoms with E-state index < -0.39 is 28.3 Å². The van der Waals surface area contributed by atoms with Crippen molar-refractivity contribution in [1.82, 2.24) is 0 Å². The summed E-state index contributed by atoms with van der Waals surface area (Å²) in [5.41, 5.74) is 3.11. The third-order valence-electron chi connectivity index (χ3n) is 10.1. The molecule has 0 N–H and O–H groups in total. The standard InChI is InChI=1S/2C28H31N3O2PS.2Ni/c2*1-5-33-27(29-28(35-4)31-30-21(2)20-22(3)32)25-18-12-13-19-26(25)34(23-14-8-6-9-15-23)24-16-10-7-11-17-24;;/h2*6-20,27H,5H2,1-4H3,(H-,29,30,31,32);;/q2*-1;2*+2/t2*27-;;/m00../s1. The van der Waals surface area contributed by atoms with Gasteiger partial charge in [-0.2, -0.15) is 0 Å². The van der Waals surface area contributed by atoms with E-state index in [-0.39, 0.29) is 44.5 Å². The molecule has 16 heteroatoms. The zero-order valence-corrected chi connectivity index (χ0v) is 47.3. The van der Waals surface area contributed by atoms with Crippen molar-refractivity contribution < 1.29 is 52.7 Å². The molecule has 0 unspecified atom stereocenters.